The van der Waals surface area contributed by atoms with Crippen LogP contribution in [0.15, 0.2) is 36.5 Å². The zero-order valence-corrected chi connectivity index (χ0v) is 18.8. The van der Waals surface area contributed by atoms with E-state index in [4.69, 9.17) is 5.26 Å². The average molecular weight is 449 g/mol. The number of nitrogens with zero attached hydrogens (tertiary/aromatic N) is 5. The monoisotopic (exact) mass is 448 g/mol. The molecule has 1 fully saturated rings. The van der Waals surface area contributed by atoms with Gasteiger partial charge in [-0.1, -0.05) is 20.8 Å². The number of urea groups is 1. The summed E-state index contributed by atoms with van der Waals surface area (Å²) in [6.07, 6.45) is 1.63. The Bertz CT molecular complexity index is 1140. The van der Waals surface area contributed by atoms with Crippen molar-refractivity contribution in [3.63, 3.8) is 0 Å². The number of carbonyl (C=O) groups is 2. The maximum Gasteiger partial charge on any atom is 0.318 e. The van der Waals surface area contributed by atoms with E-state index in [-0.39, 0.29) is 11.1 Å². The van der Waals surface area contributed by atoms with E-state index in [9.17, 15) is 19.2 Å². The number of ketones is 1. The van der Waals surface area contributed by atoms with Crippen LogP contribution in [-0.2, 0) is 0 Å². The maximum absolute atomic E-state index is 14.1. The summed E-state index contributed by atoms with van der Waals surface area (Å²) in [7, 11) is 0. The van der Waals surface area contributed by atoms with Gasteiger partial charge < -0.3 is 15.1 Å². The van der Waals surface area contributed by atoms with Gasteiger partial charge in [-0.05, 0) is 35.7 Å². The molecule has 1 atom stereocenters. The third-order valence-electron chi connectivity index (χ3n) is 5.54. The van der Waals surface area contributed by atoms with Gasteiger partial charge in [-0.25, -0.2) is 14.2 Å². The normalized spacial score (nSPS) is 14.7. The van der Waals surface area contributed by atoms with Gasteiger partial charge in [-0.3, -0.25) is 4.79 Å². The predicted octanol–water partition coefficient (Wildman–Crippen LogP) is 3.09. The molecule has 9 heteroatoms. The highest BCUT2D eigenvalue weighted by atomic mass is 19.1. The summed E-state index contributed by atoms with van der Waals surface area (Å²) in [6.45, 7) is 7.23. The Labute approximate surface area is 192 Å². The molecule has 1 saturated heterocycles. The first kappa shape index (κ1) is 23.7. The summed E-state index contributed by atoms with van der Waals surface area (Å²) in [4.78, 5) is 34.0. The van der Waals surface area contributed by atoms with Crippen molar-refractivity contribution in [2.75, 3.05) is 31.1 Å². The van der Waals surface area contributed by atoms with Gasteiger partial charge in [0.2, 0.25) is 0 Å². The molecule has 2 heterocycles. The predicted molar refractivity (Wildman–Crippen MR) is 120 cm³/mol. The number of carbonyl (C=O) groups excluding carboxylic acids is 2. The number of rotatable bonds is 4. The van der Waals surface area contributed by atoms with Crippen LogP contribution in [0.1, 0.15) is 42.3 Å². The number of aromatic nitrogens is 1. The van der Waals surface area contributed by atoms with Gasteiger partial charge in [0.05, 0.1) is 17.2 Å². The van der Waals surface area contributed by atoms with Crippen LogP contribution < -0.4 is 10.2 Å². The molecule has 2 aromatic rings. The molecule has 170 valence electrons. The molecule has 33 heavy (non-hydrogen) atoms. The van der Waals surface area contributed by atoms with Crippen molar-refractivity contribution in [1.82, 2.24) is 15.2 Å². The average Bonchev–Trinajstić information content (AvgIpc) is 2.81. The molecular formula is C24H25FN6O2. The van der Waals surface area contributed by atoms with Crippen LogP contribution in [0.25, 0.3) is 0 Å². The largest absolute Gasteiger partial charge is 0.352 e. The lowest BCUT2D eigenvalue weighted by atomic mass is 9.82. The summed E-state index contributed by atoms with van der Waals surface area (Å²) < 4.78 is 14.1. The Morgan fingerprint density at radius 2 is 1.76 bits per heavy atom. The van der Waals surface area contributed by atoms with Crippen LogP contribution in [0.4, 0.5) is 15.0 Å². The number of hydrogen-bond donors (Lipinski definition) is 1. The minimum absolute atomic E-state index is 0.0933. The van der Waals surface area contributed by atoms with E-state index in [1.807, 2.05) is 25.7 Å². The fourth-order valence-electron chi connectivity index (χ4n) is 3.67. The fourth-order valence-corrected chi connectivity index (χ4v) is 3.67. The van der Waals surface area contributed by atoms with E-state index in [0.717, 1.165) is 6.07 Å². The molecule has 1 N–H and O–H groups in total. The lowest BCUT2D eigenvalue weighted by Gasteiger charge is -2.38. The number of pyridine rings is 1. The third kappa shape index (κ3) is 5.27. The quantitative estimate of drug-likeness (QED) is 0.719. The number of nitrogens with one attached hydrogen (secondary N) is 1. The van der Waals surface area contributed by atoms with E-state index in [1.165, 1.54) is 12.1 Å². The van der Waals surface area contributed by atoms with Crippen LogP contribution in [0, 0.1) is 33.9 Å². The summed E-state index contributed by atoms with van der Waals surface area (Å²) >= 11 is 0. The van der Waals surface area contributed by atoms with Gasteiger partial charge in [-0.2, -0.15) is 10.5 Å². The van der Waals surface area contributed by atoms with Gasteiger partial charge >= 0.3 is 6.03 Å². The number of piperazine rings is 1. The van der Waals surface area contributed by atoms with Crippen molar-refractivity contribution < 1.29 is 14.0 Å². The molecular weight excluding hydrogens is 423 g/mol. The van der Waals surface area contributed by atoms with Crippen LogP contribution >= 0.6 is 0 Å². The fraction of sp³-hybridized carbons (Fsp3) is 0.375. The number of benzene rings is 1. The molecule has 0 saturated carbocycles. The van der Waals surface area contributed by atoms with Crippen molar-refractivity contribution in [3.05, 3.63) is 59.0 Å². The van der Waals surface area contributed by atoms with Gasteiger partial charge in [0.1, 0.15) is 23.8 Å². The van der Waals surface area contributed by atoms with Gasteiger partial charge in [0.15, 0.2) is 5.78 Å². The van der Waals surface area contributed by atoms with Gasteiger partial charge in [0, 0.05) is 37.9 Å². The van der Waals surface area contributed by atoms with Crippen molar-refractivity contribution in [2.24, 2.45) is 5.41 Å². The Morgan fingerprint density at radius 3 is 2.33 bits per heavy atom. The van der Waals surface area contributed by atoms with Crippen LogP contribution in [-0.4, -0.2) is 53.9 Å². The van der Waals surface area contributed by atoms with Crippen LogP contribution in [0.5, 0.6) is 0 Å². The van der Waals surface area contributed by atoms with Crippen molar-refractivity contribution >= 4 is 17.6 Å². The number of anilines is 1. The Kier molecular flexibility index (Phi) is 6.93. The molecule has 1 aromatic carbocycles. The molecule has 0 bridgehead atoms. The van der Waals surface area contributed by atoms with Crippen molar-refractivity contribution in [1.29, 1.82) is 10.5 Å². The second-order valence-corrected chi connectivity index (χ2v) is 8.88. The highest BCUT2D eigenvalue weighted by Crippen LogP contribution is 2.24. The molecule has 0 radical (unpaired) electrons. The van der Waals surface area contributed by atoms with Crippen molar-refractivity contribution in [3.8, 4) is 12.1 Å². The number of Topliss-reactive ketones (excluding diaryl/α,β-unsaturated/α-hetero) is 1. The first-order valence-corrected chi connectivity index (χ1v) is 10.5. The number of halogens is 1. The SMILES string of the molecule is CC(C)(C)C(NC(=O)N1CCN(c2ncccc2C#N)CC1)C(=O)c1ccc(C#N)c(F)c1. The first-order valence-electron chi connectivity index (χ1n) is 10.5. The van der Waals surface area contributed by atoms with Crippen molar-refractivity contribution in [2.45, 2.75) is 26.8 Å². The summed E-state index contributed by atoms with van der Waals surface area (Å²) in [5.41, 5.74) is -0.207. The highest BCUT2D eigenvalue weighted by molar-refractivity contribution is 6.02. The first-order chi connectivity index (χ1) is 15.7. The van der Waals surface area contributed by atoms with E-state index >= 15 is 0 Å². The Balaban J connectivity index is 1.70. The molecule has 0 aliphatic carbocycles. The Hall–Kier alpha value is -3.98. The minimum atomic E-state index is -0.892. The standard InChI is InChI=1S/C24H25FN6O2/c1-24(2,3)21(20(32)16-6-7-17(14-26)19(25)13-16)29-23(33)31-11-9-30(10-12-31)22-18(15-27)5-4-8-28-22/h4-8,13,21H,9-12H2,1-3H3,(H,29,33). The summed E-state index contributed by atoms with van der Waals surface area (Å²) in [5.74, 6) is -0.611. The second-order valence-electron chi connectivity index (χ2n) is 8.88. The highest BCUT2D eigenvalue weighted by Gasteiger charge is 2.35. The van der Waals surface area contributed by atoms with Crippen LogP contribution in [0.2, 0.25) is 0 Å². The second kappa shape index (κ2) is 9.66. The third-order valence-corrected chi connectivity index (χ3v) is 5.54. The van der Waals surface area contributed by atoms with E-state index in [0.29, 0.717) is 37.6 Å². The number of amides is 2. The molecule has 0 spiro atoms. The zero-order valence-electron chi connectivity index (χ0n) is 18.8. The maximum atomic E-state index is 14.1. The van der Waals surface area contributed by atoms with Crippen LogP contribution in [0.3, 0.4) is 0 Å². The Morgan fingerprint density at radius 1 is 1.09 bits per heavy atom. The van der Waals surface area contributed by atoms with Gasteiger partial charge in [-0.15, -0.1) is 0 Å². The molecule has 3 rings (SSSR count). The lowest BCUT2D eigenvalue weighted by Crippen LogP contribution is -2.57. The molecule has 1 aromatic heterocycles. The molecule has 1 unspecified atom stereocenters. The molecule has 2 amide bonds. The number of nitriles is 2. The van der Waals surface area contributed by atoms with E-state index in [2.05, 4.69) is 16.4 Å². The van der Waals surface area contributed by atoms with Gasteiger partial charge in [0.25, 0.3) is 0 Å². The molecule has 1 aliphatic rings. The summed E-state index contributed by atoms with van der Waals surface area (Å²) in [6, 6.07) is 9.67. The topological polar surface area (TPSA) is 113 Å². The minimum Gasteiger partial charge on any atom is -0.352 e. The van der Waals surface area contributed by atoms with E-state index < -0.39 is 29.1 Å². The molecule has 1 aliphatic heterocycles. The number of hydrogen-bond acceptors (Lipinski definition) is 6. The molecule has 8 nitrogen and oxygen atoms in total. The smallest absolute Gasteiger partial charge is 0.318 e. The zero-order chi connectivity index (χ0) is 24.2. The lowest BCUT2D eigenvalue weighted by molar-refractivity contribution is 0.0861. The summed E-state index contributed by atoms with van der Waals surface area (Å²) in [5, 5.41) is 21.0. The van der Waals surface area contributed by atoms with E-state index in [1.54, 1.807) is 29.3 Å².